The molecule has 114 valence electrons. The number of aryl methyl sites for hydroxylation is 1. The number of ether oxygens (including phenoxy) is 1. The fourth-order valence-corrected chi connectivity index (χ4v) is 2.31. The van der Waals surface area contributed by atoms with E-state index in [1.807, 2.05) is 0 Å². The summed E-state index contributed by atoms with van der Waals surface area (Å²) in [6, 6.07) is 6.96. The van der Waals surface area contributed by atoms with Gasteiger partial charge in [-0.25, -0.2) is 0 Å². The first-order chi connectivity index (χ1) is 9.31. The number of hydrogen-bond acceptors (Lipinski definition) is 2. The summed E-state index contributed by atoms with van der Waals surface area (Å²) in [6.07, 6.45) is 0.210. The molecule has 0 aliphatic carbocycles. The summed E-state index contributed by atoms with van der Waals surface area (Å²) in [5.74, 6) is 2.04. The normalized spacial score (nSPS) is 13.3. The van der Waals surface area contributed by atoms with Crippen LogP contribution in [-0.4, -0.2) is 18.7 Å². The highest BCUT2D eigenvalue weighted by Crippen LogP contribution is 2.24. The maximum Gasteiger partial charge on any atom is 0.120 e. The lowest BCUT2D eigenvalue weighted by Crippen LogP contribution is -2.38. The summed E-state index contributed by atoms with van der Waals surface area (Å²) in [4.78, 5) is 0. The predicted molar refractivity (Wildman–Crippen MR) is 87.7 cm³/mol. The zero-order valence-electron chi connectivity index (χ0n) is 14.2. The van der Waals surface area contributed by atoms with E-state index in [0.717, 1.165) is 12.3 Å². The van der Waals surface area contributed by atoms with Crippen LogP contribution in [0.4, 0.5) is 0 Å². The quantitative estimate of drug-likeness (QED) is 0.791. The molecular formula is C18H31NO. The van der Waals surface area contributed by atoms with Crippen LogP contribution in [0.25, 0.3) is 0 Å². The van der Waals surface area contributed by atoms with E-state index in [2.05, 4.69) is 72.0 Å². The van der Waals surface area contributed by atoms with Gasteiger partial charge in [0.25, 0.3) is 0 Å². The minimum atomic E-state index is 0.210. The first-order valence-electron chi connectivity index (χ1n) is 7.81. The van der Waals surface area contributed by atoms with Crippen LogP contribution in [-0.2, 0) is 0 Å². The molecule has 1 aromatic carbocycles. The Morgan fingerprint density at radius 1 is 1.05 bits per heavy atom. The number of hydrogen-bond donors (Lipinski definition) is 1. The van der Waals surface area contributed by atoms with Crippen molar-refractivity contribution in [3.63, 3.8) is 0 Å². The van der Waals surface area contributed by atoms with E-state index < -0.39 is 0 Å². The minimum absolute atomic E-state index is 0.210. The van der Waals surface area contributed by atoms with Gasteiger partial charge in [-0.2, -0.15) is 0 Å². The average molecular weight is 277 g/mol. The van der Waals surface area contributed by atoms with Crippen molar-refractivity contribution < 1.29 is 4.74 Å². The molecule has 0 saturated heterocycles. The van der Waals surface area contributed by atoms with Crippen LogP contribution >= 0.6 is 0 Å². The van der Waals surface area contributed by atoms with Gasteiger partial charge in [0.15, 0.2) is 0 Å². The molecule has 1 atom stereocenters. The minimum Gasteiger partial charge on any atom is -0.489 e. The fourth-order valence-electron chi connectivity index (χ4n) is 2.31. The van der Waals surface area contributed by atoms with E-state index in [0.29, 0.717) is 17.9 Å². The van der Waals surface area contributed by atoms with Crippen molar-refractivity contribution in [3.05, 3.63) is 29.3 Å². The van der Waals surface area contributed by atoms with Gasteiger partial charge < -0.3 is 10.1 Å². The molecule has 0 heterocycles. The second-order valence-electron chi connectivity index (χ2n) is 6.64. The summed E-state index contributed by atoms with van der Waals surface area (Å²) in [6.45, 7) is 16.3. The van der Waals surface area contributed by atoms with E-state index in [-0.39, 0.29) is 6.10 Å². The smallest absolute Gasteiger partial charge is 0.120 e. The Morgan fingerprint density at radius 2 is 1.70 bits per heavy atom. The SMILES string of the molecule is Cc1cc(OC(CNC(C)C)C(C)C)ccc1C(C)C. The molecule has 20 heavy (non-hydrogen) atoms. The van der Waals surface area contributed by atoms with Crippen LogP contribution in [0.2, 0.25) is 0 Å². The molecule has 0 radical (unpaired) electrons. The zero-order valence-corrected chi connectivity index (χ0v) is 14.2. The van der Waals surface area contributed by atoms with Crippen molar-refractivity contribution in [3.8, 4) is 5.75 Å². The molecule has 0 aliphatic rings. The van der Waals surface area contributed by atoms with E-state index in [9.17, 15) is 0 Å². The molecule has 1 unspecified atom stereocenters. The van der Waals surface area contributed by atoms with Gasteiger partial charge in [-0.1, -0.05) is 47.6 Å². The van der Waals surface area contributed by atoms with Crippen LogP contribution in [0.15, 0.2) is 18.2 Å². The molecular weight excluding hydrogens is 246 g/mol. The van der Waals surface area contributed by atoms with Crippen LogP contribution in [0.3, 0.4) is 0 Å². The third kappa shape index (κ3) is 5.16. The second-order valence-corrected chi connectivity index (χ2v) is 6.64. The molecule has 0 aromatic heterocycles. The number of rotatable bonds is 7. The highest BCUT2D eigenvalue weighted by molar-refractivity contribution is 5.36. The summed E-state index contributed by atoms with van der Waals surface area (Å²) in [5, 5.41) is 3.47. The standard InChI is InChI=1S/C18H31NO/c1-12(2)17-9-8-16(10-15(17)7)20-18(13(3)4)11-19-14(5)6/h8-10,12-14,18-19H,11H2,1-7H3. The monoisotopic (exact) mass is 277 g/mol. The van der Waals surface area contributed by atoms with Gasteiger partial charge in [0, 0.05) is 12.6 Å². The molecule has 0 amide bonds. The predicted octanol–water partition coefficient (Wildman–Crippen LogP) is 4.52. The van der Waals surface area contributed by atoms with Gasteiger partial charge in [-0.15, -0.1) is 0 Å². The van der Waals surface area contributed by atoms with Gasteiger partial charge >= 0.3 is 0 Å². The van der Waals surface area contributed by atoms with Crippen molar-refractivity contribution in [2.75, 3.05) is 6.54 Å². The van der Waals surface area contributed by atoms with Gasteiger partial charge in [0.1, 0.15) is 11.9 Å². The van der Waals surface area contributed by atoms with Gasteiger partial charge in [0.05, 0.1) is 0 Å². The lowest BCUT2D eigenvalue weighted by atomic mass is 9.98. The highest BCUT2D eigenvalue weighted by atomic mass is 16.5. The summed E-state index contributed by atoms with van der Waals surface area (Å²) in [5.41, 5.74) is 2.72. The van der Waals surface area contributed by atoms with Gasteiger partial charge in [-0.05, 0) is 42.0 Å². The molecule has 2 nitrogen and oxygen atoms in total. The third-order valence-electron chi connectivity index (χ3n) is 3.62. The highest BCUT2D eigenvalue weighted by Gasteiger charge is 2.16. The Bertz CT molecular complexity index is 410. The van der Waals surface area contributed by atoms with Crippen LogP contribution in [0.1, 0.15) is 58.6 Å². The maximum absolute atomic E-state index is 6.18. The topological polar surface area (TPSA) is 21.3 Å². The molecule has 0 saturated carbocycles. The first kappa shape index (κ1) is 17.0. The van der Waals surface area contributed by atoms with Crippen LogP contribution in [0, 0.1) is 12.8 Å². The van der Waals surface area contributed by atoms with Gasteiger partial charge in [-0.3, -0.25) is 0 Å². The molecule has 0 aliphatic heterocycles. The third-order valence-corrected chi connectivity index (χ3v) is 3.62. The lowest BCUT2D eigenvalue weighted by molar-refractivity contribution is 0.146. The summed E-state index contributed by atoms with van der Waals surface area (Å²) in [7, 11) is 0. The van der Waals surface area contributed by atoms with Gasteiger partial charge in [0.2, 0.25) is 0 Å². The number of nitrogens with one attached hydrogen (secondary N) is 1. The van der Waals surface area contributed by atoms with E-state index >= 15 is 0 Å². The molecule has 0 bridgehead atoms. The molecule has 1 aromatic rings. The van der Waals surface area contributed by atoms with E-state index in [1.54, 1.807) is 0 Å². The van der Waals surface area contributed by atoms with E-state index in [1.165, 1.54) is 11.1 Å². The van der Waals surface area contributed by atoms with Crippen LogP contribution < -0.4 is 10.1 Å². The van der Waals surface area contributed by atoms with Crippen molar-refractivity contribution in [1.29, 1.82) is 0 Å². The maximum atomic E-state index is 6.18. The van der Waals surface area contributed by atoms with Crippen molar-refractivity contribution >= 4 is 0 Å². The van der Waals surface area contributed by atoms with Crippen molar-refractivity contribution in [1.82, 2.24) is 5.32 Å². The molecule has 0 fully saturated rings. The van der Waals surface area contributed by atoms with Crippen molar-refractivity contribution in [2.45, 2.75) is 66.5 Å². The molecule has 1 rings (SSSR count). The fraction of sp³-hybridized carbons (Fsp3) is 0.667. The zero-order chi connectivity index (χ0) is 15.3. The largest absolute Gasteiger partial charge is 0.489 e. The van der Waals surface area contributed by atoms with Crippen molar-refractivity contribution in [2.24, 2.45) is 5.92 Å². The Hall–Kier alpha value is -1.02. The molecule has 1 N–H and O–H groups in total. The molecule has 2 heteroatoms. The Kier molecular flexibility index (Phi) is 6.54. The van der Waals surface area contributed by atoms with E-state index in [4.69, 9.17) is 4.74 Å². The van der Waals surface area contributed by atoms with Crippen LogP contribution in [0.5, 0.6) is 5.75 Å². The Balaban J connectivity index is 2.76. The summed E-state index contributed by atoms with van der Waals surface area (Å²) < 4.78 is 6.18. The average Bonchev–Trinajstić information content (AvgIpc) is 2.33. The summed E-state index contributed by atoms with van der Waals surface area (Å²) >= 11 is 0. The molecule has 0 spiro atoms. The Morgan fingerprint density at radius 3 is 2.15 bits per heavy atom. The Labute approximate surface area is 124 Å². The number of benzene rings is 1. The lowest BCUT2D eigenvalue weighted by Gasteiger charge is -2.25. The first-order valence-corrected chi connectivity index (χ1v) is 7.81. The second kappa shape index (κ2) is 7.68.